The van der Waals surface area contributed by atoms with Crippen molar-refractivity contribution in [3.05, 3.63) is 24.3 Å². The summed E-state index contributed by atoms with van der Waals surface area (Å²) in [5.41, 5.74) is 0.636. The number of benzene rings is 1. The molecule has 0 bridgehead atoms. The first-order chi connectivity index (χ1) is 8.09. The van der Waals surface area contributed by atoms with Crippen molar-refractivity contribution in [1.29, 1.82) is 0 Å². The minimum atomic E-state index is -0.922. The van der Waals surface area contributed by atoms with Gasteiger partial charge in [0.2, 0.25) is 0 Å². The van der Waals surface area contributed by atoms with E-state index in [1.165, 1.54) is 4.90 Å². The van der Waals surface area contributed by atoms with Crippen LogP contribution in [-0.4, -0.2) is 29.6 Å². The summed E-state index contributed by atoms with van der Waals surface area (Å²) in [7, 11) is 0. The van der Waals surface area contributed by atoms with E-state index in [1.807, 2.05) is 6.07 Å². The third kappa shape index (κ3) is 2.22. The third-order valence-electron chi connectivity index (χ3n) is 2.62. The van der Waals surface area contributed by atoms with Crippen LogP contribution in [0, 0.1) is 0 Å². The minimum absolute atomic E-state index is 0.0766. The second-order valence-corrected chi connectivity index (χ2v) is 3.86. The summed E-state index contributed by atoms with van der Waals surface area (Å²) in [6.07, 6.45) is -0.647. The number of aliphatic carboxylic acids is 1. The number of hydrogen-bond acceptors (Lipinski definition) is 3. The molecule has 1 aliphatic rings. The second kappa shape index (κ2) is 4.45. The number of ether oxygens (including phenoxy) is 1. The number of carboxylic acids is 1. The lowest BCUT2D eigenvalue weighted by Crippen LogP contribution is -2.45. The van der Waals surface area contributed by atoms with Crippen molar-refractivity contribution >= 4 is 17.6 Å². The van der Waals surface area contributed by atoms with Crippen molar-refractivity contribution in [1.82, 2.24) is 0 Å². The molecule has 0 saturated heterocycles. The van der Waals surface area contributed by atoms with Gasteiger partial charge in [-0.2, -0.15) is 0 Å². The topological polar surface area (TPSA) is 66.8 Å². The molecule has 5 nitrogen and oxygen atoms in total. The fourth-order valence-electron chi connectivity index (χ4n) is 1.80. The van der Waals surface area contributed by atoms with Gasteiger partial charge in [-0.25, -0.2) is 0 Å². The smallest absolute Gasteiger partial charge is 0.305 e. The summed E-state index contributed by atoms with van der Waals surface area (Å²) in [5, 5.41) is 8.68. The highest BCUT2D eigenvalue weighted by Gasteiger charge is 2.31. The standard InChI is InChI=1S/C12H13NO4/c1-8-12(16)13(7-6-11(14)15)9-4-2-3-5-10(9)17-8/h2-5,8H,6-7H2,1H3,(H,14,15)/t8-/m1/s1. The van der Waals surface area contributed by atoms with Gasteiger partial charge < -0.3 is 14.7 Å². The van der Waals surface area contributed by atoms with Crippen molar-refractivity contribution in [2.24, 2.45) is 0 Å². The molecule has 0 fully saturated rings. The van der Waals surface area contributed by atoms with E-state index in [1.54, 1.807) is 25.1 Å². The first-order valence-electron chi connectivity index (χ1n) is 5.38. The number of carbonyl (C=O) groups is 2. The van der Waals surface area contributed by atoms with Crippen LogP contribution < -0.4 is 9.64 Å². The van der Waals surface area contributed by atoms with Crippen LogP contribution >= 0.6 is 0 Å². The molecule has 5 heteroatoms. The molecule has 17 heavy (non-hydrogen) atoms. The molecule has 2 rings (SSSR count). The summed E-state index contributed by atoms with van der Waals surface area (Å²) < 4.78 is 5.44. The zero-order valence-electron chi connectivity index (χ0n) is 9.42. The van der Waals surface area contributed by atoms with Crippen LogP contribution in [0.1, 0.15) is 13.3 Å². The van der Waals surface area contributed by atoms with E-state index < -0.39 is 12.1 Å². The van der Waals surface area contributed by atoms with Crippen LogP contribution in [0.5, 0.6) is 5.75 Å². The van der Waals surface area contributed by atoms with Crippen LogP contribution in [0.2, 0.25) is 0 Å². The maximum absolute atomic E-state index is 11.9. The molecule has 1 amide bonds. The predicted molar refractivity (Wildman–Crippen MR) is 61.1 cm³/mol. The lowest BCUT2D eigenvalue weighted by atomic mass is 10.2. The van der Waals surface area contributed by atoms with Gasteiger partial charge in [-0.15, -0.1) is 0 Å². The number of anilines is 1. The van der Waals surface area contributed by atoms with Gasteiger partial charge >= 0.3 is 5.97 Å². The Balaban J connectivity index is 2.28. The third-order valence-corrected chi connectivity index (χ3v) is 2.62. The quantitative estimate of drug-likeness (QED) is 0.856. The lowest BCUT2D eigenvalue weighted by molar-refractivity contribution is -0.136. The number of amides is 1. The Morgan fingerprint density at radius 3 is 2.88 bits per heavy atom. The van der Waals surface area contributed by atoms with E-state index in [2.05, 4.69) is 0 Å². The Hall–Kier alpha value is -2.04. The monoisotopic (exact) mass is 235 g/mol. The Morgan fingerprint density at radius 2 is 2.18 bits per heavy atom. The highest BCUT2D eigenvalue weighted by Crippen LogP contribution is 2.33. The highest BCUT2D eigenvalue weighted by molar-refractivity contribution is 6.00. The van der Waals surface area contributed by atoms with Gasteiger partial charge in [-0.1, -0.05) is 12.1 Å². The van der Waals surface area contributed by atoms with E-state index in [-0.39, 0.29) is 18.9 Å². The van der Waals surface area contributed by atoms with Crippen LogP contribution in [0.4, 0.5) is 5.69 Å². The maximum Gasteiger partial charge on any atom is 0.305 e. The van der Waals surface area contributed by atoms with Gasteiger partial charge in [-0.3, -0.25) is 9.59 Å². The van der Waals surface area contributed by atoms with Gasteiger partial charge in [0.05, 0.1) is 12.1 Å². The second-order valence-electron chi connectivity index (χ2n) is 3.86. The van der Waals surface area contributed by atoms with Gasteiger partial charge in [0.25, 0.3) is 5.91 Å². The van der Waals surface area contributed by atoms with Gasteiger partial charge in [0, 0.05) is 6.54 Å². The molecule has 0 radical (unpaired) electrons. The number of rotatable bonds is 3. The van der Waals surface area contributed by atoms with Crippen LogP contribution in [0.3, 0.4) is 0 Å². The van der Waals surface area contributed by atoms with E-state index >= 15 is 0 Å². The predicted octanol–water partition coefficient (Wildman–Crippen LogP) is 1.28. The molecule has 0 spiro atoms. The van der Waals surface area contributed by atoms with Crippen molar-refractivity contribution in [3.8, 4) is 5.75 Å². The number of para-hydroxylation sites is 2. The Morgan fingerprint density at radius 1 is 1.47 bits per heavy atom. The summed E-state index contributed by atoms with van der Waals surface area (Å²) >= 11 is 0. The largest absolute Gasteiger partial charge is 0.481 e. The molecule has 1 atom stereocenters. The Labute approximate surface area is 98.6 Å². The molecule has 0 aliphatic carbocycles. The summed E-state index contributed by atoms with van der Waals surface area (Å²) in [5.74, 6) is -0.510. The summed E-state index contributed by atoms with van der Waals surface area (Å²) in [4.78, 5) is 24.0. The maximum atomic E-state index is 11.9. The number of hydrogen-bond donors (Lipinski definition) is 1. The number of nitrogens with zero attached hydrogens (tertiary/aromatic N) is 1. The molecule has 0 unspecified atom stereocenters. The molecule has 90 valence electrons. The molecular formula is C12H13NO4. The average Bonchev–Trinajstić information content (AvgIpc) is 2.29. The summed E-state index contributed by atoms with van der Waals surface area (Å²) in [6, 6.07) is 7.13. The molecule has 1 N–H and O–H groups in total. The number of carbonyl (C=O) groups excluding carboxylic acids is 1. The molecular weight excluding hydrogens is 222 g/mol. The highest BCUT2D eigenvalue weighted by atomic mass is 16.5. The molecule has 1 aromatic rings. The lowest BCUT2D eigenvalue weighted by Gasteiger charge is -2.32. The van der Waals surface area contributed by atoms with Crippen molar-refractivity contribution in [3.63, 3.8) is 0 Å². The first-order valence-corrected chi connectivity index (χ1v) is 5.38. The Kier molecular flexibility index (Phi) is 2.99. The molecule has 1 aromatic carbocycles. The van der Waals surface area contributed by atoms with E-state index in [9.17, 15) is 9.59 Å². The normalized spacial score (nSPS) is 18.5. The van der Waals surface area contributed by atoms with Crippen LogP contribution in [-0.2, 0) is 9.59 Å². The Bertz CT molecular complexity index is 458. The van der Waals surface area contributed by atoms with Crippen molar-refractivity contribution < 1.29 is 19.4 Å². The van der Waals surface area contributed by atoms with Crippen molar-refractivity contribution in [2.75, 3.05) is 11.4 Å². The molecule has 0 saturated carbocycles. The van der Waals surface area contributed by atoms with Gasteiger partial charge in [0.15, 0.2) is 6.10 Å². The SMILES string of the molecule is C[C@H]1Oc2ccccc2N(CCC(=O)O)C1=O. The fourth-order valence-corrected chi connectivity index (χ4v) is 1.80. The zero-order chi connectivity index (χ0) is 12.4. The van der Waals surface area contributed by atoms with Crippen LogP contribution in [0.15, 0.2) is 24.3 Å². The van der Waals surface area contributed by atoms with Crippen LogP contribution in [0.25, 0.3) is 0 Å². The molecule has 1 heterocycles. The van der Waals surface area contributed by atoms with E-state index in [0.29, 0.717) is 11.4 Å². The molecule has 1 aliphatic heterocycles. The number of fused-ring (bicyclic) bond motifs is 1. The fraction of sp³-hybridized carbons (Fsp3) is 0.333. The number of carboxylic acid groups (broad SMARTS) is 1. The summed E-state index contributed by atoms with van der Waals surface area (Å²) in [6.45, 7) is 1.82. The molecule has 0 aromatic heterocycles. The first kappa shape index (κ1) is 11.4. The van der Waals surface area contributed by atoms with Gasteiger partial charge in [0.1, 0.15) is 5.75 Å². The van der Waals surface area contributed by atoms with E-state index in [0.717, 1.165) is 0 Å². The average molecular weight is 235 g/mol. The zero-order valence-corrected chi connectivity index (χ0v) is 9.42. The van der Waals surface area contributed by atoms with Crippen molar-refractivity contribution in [2.45, 2.75) is 19.4 Å². The van der Waals surface area contributed by atoms with Gasteiger partial charge in [-0.05, 0) is 19.1 Å². The minimum Gasteiger partial charge on any atom is -0.481 e. The van der Waals surface area contributed by atoms with E-state index in [4.69, 9.17) is 9.84 Å².